The second-order valence-corrected chi connectivity index (χ2v) is 5.65. The van der Waals surface area contributed by atoms with Gasteiger partial charge >= 0.3 is 0 Å². The van der Waals surface area contributed by atoms with Crippen molar-refractivity contribution in [2.45, 2.75) is 13.1 Å². The first-order chi connectivity index (χ1) is 11.6. The van der Waals surface area contributed by atoms with Crippen LogP contribution in [0.3, 0.4) is 0 Å². The van der Waals surface area contributed by atoms with Gasteiger partial charge in [0.25, 0.3) is 5.56 Å². The third-order valence-corrected chi connectivity index (χ3v) is 3.72. The monoisotopic (exact) mass is 342 g/mol. The summed E-state index contributed by atoms with van der Waals surface area (Å²) in [4.78, 5) is 23.5. The fourth-order valence-electron chi connectivity index (χ4n) is 2.23. The SMILES string of the molecule is O=C(Cn1ccccc1=O)NCc1ccc(-c2ccc(Cl)cc2)o1. The highest BCUT2D eigenvalue weighted by Crippen LogP contribution is 2.23. The molecule has 1 amide bonds. The molecule has 0 unspecified atom stereocenters. The van der Waals surface area contributed by atoms with Crippen molar-refractivity contribution in [1.82, 2.24) is 9.88 Å². The Morgan fingerprint density at radius 3 is 2.62 bits per heavy atom. The van der Waals surface area contributed by atoms with Crippen LogP contribution in [-0.4, -0.2) is 10.5 Å². The number of rotatable bonds is 5. The Morgan fingerprint density at radius 2 is 1.88 bits per heavy atom. The van der Waals surface area contributed by atoms with Crippen molar-refractivity contribution in [1.29, 1.82) is 0 Å². The average molecular weight is 343 g/mol. The van der Waals surface area contributed by atoms with Gasteiger partial charge in [0, 0.05) is 22.8 Å². The molecule has 1 N–H and O–H groups in total. The number of furan rings is 1. The summed E-state index contributed by atoms with van der Waals surface area (Å²) in [5.74, 6) is 1.08. The van der Waals surface area contributed by atoms with Crippen LogP contribution in [0.2, 0.25) is 5.02 Å². The van der Waals surface area contributed by atoms with Crippen molar-refractivity contribution in [3.63, 3.8) is 0 Å². The van der Waals surface area contributed by atoms with Gasteiger partial charge in [-0.25, -0.2) is 0 Å². The molecule has 122 valence electrons. The largest absolute Gasteiger partial charge is 0.459 e. The lowest BCUT2D eigenvalue weighted by Crippen LogP contribution is -2.31. The topological polar surface area (TPSA) is 64.2 Å². The molecular weight excluding hydrogens is 328 g/mol. The van der Waals surface area contributed by atoms with Gasteiger partial charge in [0.1, 0.15) is 18.1 Å². The third kappa shape index (κ3) is 3.94. The molecule has 0 fully saturated rings. The molecule has 2 aromatic heterocycles. The van der Waals surface area contributed by atoms with Crippen LogP contribution in [0, 0.1) is 0 Å². The molecule has 1 aromatic carbocycles. The summed E-state index contributed by atoms with van der Waals surface area (Å²) in [6.07, 6.45) is 1.58. The van der Waals surface area contributed by atoms with E-state index in [1.165, 1.54) is 10.6 Å². The zero-order valence-electron chi connectivity index (χ0n) is 12.7. The molecule has 0 aliphatic rings. The van der Waals surface area contributed by atoms with Crippen LogP contribution in [0.5, 0.6) is 0 Å². The van der Waals surface area contributed by atoms with Crippen molar-refractivity contribution in [3.05, 3.63) is 81.9 Å². The lowest BCUT2D eigenvalue weighted by molar-refractivity contribution is -0.121. The molecular formula is C18H15ClN2O3. The number of carbonyl (C=O) groups is 1. The fourth-order valence-corrected chi connectivity index (χ4v) is 2.36. The fraction of sp³-hybridized carbons (Fsp3) is 0.111. The number of nitrogens with one attached hydrogen (secondary N) is 1. The van der Waals surface area contributed by atoms with Gasteiger partial charge in [-0.15, -0.1) is 0 Å². The highest BCUT2D eigenvalue weighted by Gasteiger charge is 2.07. The number of pyridine rings is 1. The first-order valence-electron chi connectivity index (χ1n) is 7.38. The van der Waals surface area contributed by atoms with E-state index in [9.17, 15) is 9.59 Å². The van der Waals surface area contributed by atoms with Crippen molar-refractivity contribution < 1.29 is 9.21 Å². The van der Waals surface area contributed by atoms with Gasteiger partial charge in [0.05, 0.1) is 6.54 Å². The van der Waals surface area contributed by atoms with E-state index in [-0.39, 0.29) is 24.6 Å². The van der Waals surface area contributed by atoms with E-state index in [0.717, 1.165) is 5.56 Å². The summed E-state index contributed by atoms with van der Waals surface area (Å²) in [6.45, 7) is 0.235. The lowest BCUT2D eigenvalue weighted by Gasteiger charge is -2.05. The van der Waals surface area contributed by atoms with E-state index in [1.54, 1.807) is 36.5 Å². The maximum absolute atomic E-state index is 11.9. The number of hydrogen-bond donors (Lipinski definition) is 1. The minimum absolute atomic E-state index is 0.0234. The molecule has 3 aromatic rings. The molecule has 0 atom stereocenters. The number of carbonyl (C=O) groups excluding carboxylic acids is 1. The van der Waals surface area contributed by atoms with Crippen molar-refractivity contribution in [2.75, 3.05) is 0 Å². The van der Waals surface area contributed by atoms with E-state index < -0.39 is 0 Å². The Kier molecular flexibility index (Phi) is 4.82. The predicted molar refractivity (Wildman–Crippen MR) is 91.7 cm³/mol. The summed E-state index contributed by atoms with van der Waals surface area (Å²) >= 11 is 5.86. The number of amides is 1. The van der Waals surface area contributed by atoms with Crippen molar-refractivity contribution in [2.24, 2.45) is 0 Å². The number of halogens is 1. The van der Waals surface area contributed by atoms with Crippen molar-refractivity contribution >= 4 is 17.5 Å². The Hall–Kier alpha value is -2.79. The van der Waals surface area contributed by atoms with Gasteiger partial charge in [-0.1, -0.05) is 17.7 Å². The highest BCUT2D eigenvalue weighted by atomic mass is 35.5. The zero-order chi connectivity index (χ0) is 16.9. The Bertz CT molecular complexity index is 897. The van der Waals surface area contributed by atoms with Gasteiger partial charge in [0.2, 0.25) is 5.91 Å². The first-order valence-corrected chi connectivity index (χ1v) is 7.76. The van der Waals surface area contributed by atoms with Crippen LogP contribution in [0.15, 0.2) is 70.0 Å². The van der Waals surface area contributed by atoms with Crippen molar-refractivity contribution in [3.8, 4) is 11.3 Å². The number of hydrogen-bond acceptors (Lipinski definition) is 3. The Morgan fingerprint density at radius 1 is 1.08 bits per heavy atom. The molecule has 3 rings (SSSR count). The average Bonchev–Trinajstić information content (AvgIpc) is 3.05. The van der Waals surface area contributed by atoms with E-state index >= 15 is 0 Å². The van der Waals surface area contributed by atoms with Crippen LogP contribution in [0.4, 0.5) is 0 Å². The minimum atomic E-state index is -0.257. The third-order valence-electron chi connectivity index (χ3n) is 3.46. The van der Waals surface area contributed by atoms with E-state index in [0.29, 0.717) is 16.5 Å². The molecule has 6 heteroatoms. The maximum atomic E-state index is 11.9. The summed E-state index contributed by atoms with van der Waals surface area (Å²) in [5, 5.41) is 3.40. The Balaban J connectivity index is 1.59. The molecule has 24 heavy (non-hydrogen) atoms. The number of aromatic nitrogens is 1. The standard InChI is InChI=1S/C18H15ClN2O3/c19-14-6-4-13(5-7-14)16-9-8-15(24-16)11-20-17(22)12-21-10-2-1-3-18(21)23/h1-10H,11-12H2,(H,20,22). The van der Waals surface area contributed by atoms with Crippen LogP contribution in [0.1, 0.15) is 5.76 Å². The van der Waals surface area contributed by atoms with E-state index in [2.05, 4.69) is 5.32 Å². The lowest BCUT2D eigenvalue weighted by atomic mass is 10.2. The molecule has 2 heterocycles. The molecule has 0 aliphatic heterocycles. The van der Waals surface area contributed by atoms with Gasteiger partial charge < -0.3 is 14.3 Å². The maximum Gasteiger partial charge on any atom is 0.250 e. The second kappa shape index (κ2) is 7.19. The van der Waals surface area contributed by atoms with Gasteiger partial charge in [-0.2, -0.15) is 0 Å². The summed E-state index contributed by atoms with van der Waals surface area (Å²) in [5.41, 5.74) is 0.698. The number of nitrogens with zero attached hydrogens (tertiary/aromatic N) is 1. The van der Waals surface area contributed by atoms with Gasteiger partial charge in [-0.3, -0.25) is 9.59 Å². The second-order valence-electron chi connectivity index (χ2n) is 5.22. The molecule has 0 radical (unpaired) electrons. The van der Waals surface area contributed by atoms with Crippen LogP contribution in [-0.2, 0) is 17.9 Å². The highest BCUT2D eigenvalue weighted by molar-refractivity contribution is 6.30. The minimum Gasteiger partial charge on any atom is -0.459 e. The summed E-state index contributed by atoms with van der Waals surface area (Å²) < 4.78 is 7.05. The molecule has 0 saturated heterocycles. The smallest absolute Gasteiger partial charge is 0.250 e. The van der Waals surface area contributed by atoms with Crippen LogP contribution >= 0.6 is 11.6 Å². The summed E-state index contributed by atoms with van der Waals surface area (Å²) in [6, 6.07) is 15.7. The molecule has 5 nitrogen and oxygen atoms in total. The summed E-state index contributed by atoms with van der Waals surface area (Å²) in [7, 11) is 0. The number of benzene rings is 1. The van der Waals surface area contributed by atoms with E-state index in [4.69, 9.17) is 16.0 Å². The molecule has 0 spiro atoms. The predicted octanol–water partition coefficient (Wildman–Crippen LogP) is 3.08. The quantitative estimate of drug-likeness (QED) is 0.775. The molecule has 0 bridgehead atoms. The van der Waals surface area contributed by atoms with E-state index in [1.807, 2.05) is 18.2 Å². The molecule has 0 saturated carbocycles. The van der Waals surface area contributed by atoms with Gasteiger partial charge in [0.15, 0.2) is 0 Å². The Labute approximate surface area is 143 Å². The van der Waals surface area contributed by atoms with Gasteiger partial charge in [-0.05, 0) is 42.5 Å². The van der Waals surface area contributed by atoms with Crippen LogP contribution in [0.25, 0.3) is 11.3 Å². The first kappa shape index (κ1) is 16.1. The normalized spacial score (nSPS) is 10.5. The molecule has 0 aliphatic carbocycles. The van der Waals surface area contributed by atoms with Crippen LogP contribution < -0.4 is 10.9 Å². The zero-order valence-corrected chi connectivity index (χ0v) is 13.5.